The molecule has 166 valence electrons. The first-order valence-corrected chi connectivity index (χ1v) is 10.1. The lowest BCUT2D eigenvalue weighted by atomic mass is 9.98. The summed E-state index contributed by atoms with van der Waals surface area (Å²) >= 11 is 0. The van der Waals surface area contributed by atoms with Gasteiger partial charge in [0.05, 0.1) is 11.3 Å². The zero-order valence-electron chi connectivity index (χ0n) is 17.5. The zero-order valence-corrected chi connectivity index (χ0v) is 17.5. The van der Waals surface area contributed by atoms with E-state index in [1.165, 1.54) is 10.6 Å². The first kappa shape index (κ1) is 21.0. The lowest BCUT2D eigenvalue weighted by Gasteiger charge is -2.13. The Morgan fingerprint density at radius 2 is 1.94 bits per heavy atom. The topological polar surface area (TPSA) is 145 Å². The number of rotatable bonds is 6. The van der Waals surface area contributed by atoms with E-state index in [0.717, 1.165) is 10.9 Å². The molecule has 0 saturated carbocycles. The van der Waals surface area contributed by atoms with Gasteiger partial charge in [0.25, 0.3) is 0 Å². The van der Waals surface area contributed by atoms with Gasteiger partial charge in [-0.15, -0.1) is 0 Å². The first-order chi connectivity index (χ1) is 15.3. The normalized spacial score (nSPS) is 11.3. The summed E-state index contributed by atoms with van der Waals surface area (Å²) in [6.45, 7) is 4.56. The number of carbonyl (C=O) groups is 1. The quantitative estimate of drug-likeness (QED) is 0.313. The number of nitrogens with one attached hydrogen (secondary N) is 2. The maximum absolute atomic E-state index is 12.6. The Kier molecular flexibility index (Phi) is 5.35. The second-order valence-corrected chi connectivity index (χ2v) is 7.75. The molecule has 10 heteroatoms. The lowest BCUT2D eigenvalue weighted by molar-refractivity contribution is 0.194. The van der Waals surface area contributed by atoms with Gasteiger partial charge in [0, 0.05) is 36.3 Å². The summed E-state index contributed by atoms with van der Waals surface area (Å²) in [5.74, 6) is 0.00942. The van der Waals surface area contributed by atoms with Crippen LogP contribution in [0.3, 0.4) is 0 Å². The largest absolute Gasteiger partial charge is 0.508 e. The number of H-pyrrole nitrogens is 1. The van der Waals surface area contributed by atoms with Gasteiger partial charge in [-0.2, -0.15) is 5.10 Å². The molecule has 0 fully saturated rings. The molecule has 0 aliphatic carbocycles. The number of amides is 1. The van der Waals surface area contributed by atoms with Crippen molar-refractivity contribution in [3.05, 3.63) is 58.6 Å². The van der Waals surface area contributed by atoms with Crippen LogP contribution in [-0.4, -0.2) is 47.3 Å². The van der Waals surface area contributed by atoms with Gasteiger partial charge in [-0.25, -0.2) is 19.3 Å². The van der Waals surface area contributed by atoms with Gasteiger partial charge in [0.2, 0.25) is 0 Å². The van der Waals surface area contributed by atoms with E-state index in [1.54, 1.807) is 12.1 Å². The van der Waals surface area contributed by atoms with Gasteiger partial charge in [0.15, 0.2) is 5.82 Å². The Labute approximate surface area is 182 Å². The Morgan fingerprint density at radius 3 is 2.66 bits per heavy atom. The number of phenols is 2. The van der Waals surface area contributed by atoms with Crippen molar-refractivity contribution in [3.8, 4) is 28.6 Å². The number of aromatic nitrogens is 4. The van der Waals surface area contributed by atoms with Crippen LogP contribution in [0.5, 0.6) is 11.5 Å². The predicted octanol–water partition coefficient (Wildman–Crippen LogP) is 2.98. The number of hydrogen-bond acceptors (Lipinski definition) is 5. The number of aromatic amines is 1. The van der Waals surface area contributed by atoms with Crippen molar-refractivity contribution in [2.75, 3.05) is 6.54 Å². The van der Waals surface area contributed by atoms with E-state index in [1.807, 2.05) is 42.8 Å². The van der Waals surface area contributed by atoms with Crippen molar-refractivity contribution in [2.24, 2.45) is 0 Å². The fourth-order valence-corrected chi connectivity index (χ4v) is 3.76. The Balaban J connectivity index is 1.76. The monoisotopic (exact) mass is 437 g/mol. The SMILES string of the molecule is CC(C)c1cc(-c2n[nH]c(=O)n2-c2ccc3c(ccn3CCNC(=O)O)c2)c(O)cc1O. The number of benzene rings is 2. The van der Waals surface area contributed by atoms with Crippen LogP contribution in [0, 0.1) is 0 Å². The first-order valence-electron chi connectivity index (χ1n) is 10.1. The third kappa shape index (κ3) is 3.78. The molecule has 10 nitrogen and oxygen atoms in total. The predicted molar refractivity (Wildman–Crippen MR) is 119 cm³/mol. The highest BCUT2D eigenvalue weighted by atomic mass is 16.4. The van der Waals surface area contributed by atoms with E-state index in [9.17, 15) is 19.8 Å². The molecule has 0 spiro atoms. The molecule has 0 aliphatic heterocycles. The standard InChI is InChI=1S/C22H23N5O5/c1-12(2)15-10-16(19(29)11-18(15)28)20-24-25-21(30)27(20)14-3-4-17-13(9-14)5-7-26(17)8-6-23-22(31)32/h3-5,7,9-12,23,28-29H,6,8H2,1-2H3,(H,25,30)(H,31,32). The smallest absolute Gasteiger partial charge is 0.404 e. The fraction of sp³-hybridized carbons (Fsp3) is 0.227. The summed E-state index contributed by atoms with van der Waals surface area (Å²) in [6, 6.07) is 10.2. The number of phenolic OH excluding ortho intramolecular Hbond substituents is 2. The maximum atomic E-state index is 12.6. The third-order valence-electron chi connectivity index (χ3n) is 5.32. The van der Waals surface area contributed by atoms with Crippen LogP contribution in [0.25, 0.3) is 28.0 Å². The average Bonchev–Trinajstić information content (AvgIpc) is 3.30. The molecule has 0 aliphatic rings. The van der Waals surface area contributed by atoms with Crippen LogP contribution in [0.2, 0.25) is 0 Å². The van der Waals surface area contributed by atoms with Crippen molar-refractivity contribution in [1.29, 1.82) is 0 Å². The minimum Gasteiger partial charge on any atom is -0.508 e. The molecule has 0 bridgehead atoms. The summed E-state index contributed by atoms with van der Waals surface area (Å²) < 4.78 is 3.27. The van der Waals surface area contributed by atoms with E-state index in [0.29, 0.717) is 23.4 Å². The molecule has 2 heterocycles. The Hall–Kier alpha value is -4.21. The molecular formula is C22H23N5O5. The Bertz CT molecular complexity index is 1370. The second-order valence-electron chi connectivity index (χ2n) is 7.75. The van der Waals surface area contributed by atoms with Crippen LogP contribution in [-0.2, 0) is 6.54 Å². The van der Waals surface area contributed by atoms with Gasteiger partial charge in [0.1, 0.15) is 11.5 Å². The van der Waals surface area contributed by atoms with Crippen molar-refractivity contribution in [1.82, 2.24) is 24.6 Å². The van der Waals surface area contributed by atoms with E-state index >= 15 is 0 Å². The maximum Gasteiger partial charge on any atom is 0.404 e. The molecular weight excluding hydrogens is 414 g/mol. The van der Waals surface area contributed by atoms with Crippen LogP contribution in [0.4, 0.5) is 4.79 Å². The fourth-order valence-electron chi connectivity index (χ4n) is 3.76. The van der Waals surface area contributed by atoms with Gasteiger partial charge < -0.3 is 25.2 Å². The number of aromatic hydroxyl groups is 2. The number of nitrogens with zero attached hydrogens (tertiary/aromatic N) is 3. The molecule has 2 aromatic heterocycles. The minimum atomic E-state index is -1.08. The van der Waals surface area contributed by atoms with Crippen LogP contribution in [0.1, 0.15) is 25.3 Å². The lowest BCUT2D eigenvalue weighted by Crippen LogP contribution is -2.24. The molecule has 2 aromatic carbocycles. The molecule has 0 saturated heterocycles. The van der Waals surface area contributed by atoms with E-state index < -0.39 is 11.8 Å². The molecule has 4 rings (SSSR count). The molecule has 1 amide bonds. The van der Waals surface area contributed by atoms with Crippen molar-refractivity contribution in [2.45, 2.75) is 26.3 Å². The minimum absolute atomic E-state index is 0.000181. The highest BCUT2D eigenvalue weighted by molar-refractivity contribution is 5.83. The number of hydrogen-bond donors (Lipinski definition) is 5. The van der Waals surface area contributed by atoms with Crippen LogP contribution < -0.4 is 11.0 Å². The van der Waals surface area contributed by atoms with Crippen molar-refractivity contribution < 1.29 is 20.1 Å². The molecule has 0 unspecified atom stereocenters. The van der Waals surface area contributed by atoms with Crippen LogP contribution >= 0.6 is 0 Å². The molecule has 0 radical (unpaired) electrons. The summed E-state index contributed by atoms with van der Waals surface area (Å²) in [5.41, 5.74) is 1.91. The highest BCUT2D eigenvalue weighted by Gasteiger charge is 2.20. The third-order valence-corrected chi connectivity index (χ3v) is 5.32. The van der Waals surface area contributed by atoms with Gasteiger partial charge in [-0.05, 0) is 41.8 Å². The Morgan fingerprint density at radius 1 is 1.16 bits per heavy atom. The van der Waals surface area contributed by atoms with Crippen LogP contribution in [0.15, 0.2) is 47.4 Å². The van der Waals surface area contributed by atoms with E-state index in [4.69, 9.17) is 5.11 Å². The summed E-state index contributed by atoms with van der Waals surface area (Å²) in [7, 11) is 0. The summed E-state index contributed by atoms with van der Waals surface area (Å²) in [5, 5.41) is 39.1. The summed E-state index contributed by atoms with van der Waals surface area (Å²) in [6.07, 6.45) is 0.770. The molecule has 0 atom stereocenters. The molecule has 32 heavy (non-hydrogen) atoms. The van der Waals surface area contributed by atoms with Crippen molar-refractivity contribution in [3.63, 3.8) is 0 Å². The zero-order chi connectivity index (χ0) is 23.0. The summed E-state index contributed by atoms with van der Waals surface area (Å²) in [4.78, 5) is 23.3. The number of fused-ring (bicyclic) bond motifs is 1. The average molecular weight is 437 g/mol. The van der Waals surface area contributed by atoms with Gasteiger partial charge >= 0.3 is 11.8 Å². The number of carboxylic acid groups (broad SMARTS) is 1. The van der Waals surface area contributed by atoms with Gasteiger partial charge in [-0.1, -0.05) is 13.8 Å². The van der Waals surface area contributed by atoms with Crippen molar-refractivity contribution >= 4 is 17.0 Å². The second kappa shape index (κ2) is 8.14. The molecule has 4 aromatic rings. The highest BCUT2D eigenvalue weighted by Crippen LogP contribution is 2.37. The van der Waals surface area contributed by atoms with Gasteiger partial charge in [-0.3, -0.25) is 0 Å². The van der Waals surface area contributed by atoms with E-state index in [-0.39, 0.29) is 29.8 Å². The molecule has 5 N–H and O–H groups in total. The van der Waals surface area contributed by atoms with E-state index in [2.05, 4.69) is 15.5 Å².